The van der Waals surface area contributed by atoms with E-state index in [1.165, 1.54) is 5.56 Å². The highest BCUT2D eigenvalue weighted by Gasteiger charge is 2.15. The molecule has 1 aliphatic heterocycles. The molecule has 2 rings (SSSR count). The smallest absolute Gasteiger partial charge is 0.190 e. The summed E-state index contributed by atoms with van der Waals surface area (Å²) in [5, 5.41) is 3.08. The van der Waals surface area contributed by atoms with Crippen molar-refractivity contribution < 1.29 is 4.74 Å². The van der Waals surface area contributed by atoms with Crippen molar-refractivity contribution in [3.8, 4) is 5.75 Å². The molecule has 2 nitrogen and oxygen atoms in total. The van der Waals surface area contributed by atoms with E-state index in [1.807, 2.05) is 6.07 Å². The van der Waals surface area contributed by atoms with Crippen LogP contribution in [0.1, 0.15) is 25.3 Å². The molecule has 1 N–H and O–H groups in total. The van der Waals surface area contributed by atoms with E-state index in [4.69, 9.17) is 4.74 Å². The highest BCUT2D eigenvalue weighted by atomic mass is 16.5. The van der Waals surface area contributed by atoms with Crippen LogP contribution in [0.4, 0.5) is 5.69 Å². The summed E-state index contributed by atoms with van der Waals surface area (Å²) in [5.74, 6) is 2.02. The van der Waals surface area contributed by atoms with Crippen LogP contribution in [0, 0.1) is 0 Å². The Labute approximate surface area is 78.2 Å². The summed E-state index contributed by atoms with van der Waals surface area (Å²) < 4.78 is 5.34. The van der Waals surface area contributed by atoms with Gasteiger partial charge in [0.25, 0.3) is 0 Å². The zero-order valence-corrected chi connectivity index (χ0v) is 7.92. The van der Waals surface area contributed by atoms with Crippen LogP contribution in [-0.2, 0) is 0 Å². The molecule has 0 saturated carbocycles. The molecule has 1 aromatic rings. The summed E-state index contributed by atoms with van der Waals surface area (Å²) in [6.07, 6.45) is 0. The van der Waals surface area contributed by atoms with E-state index in [9.17, 15) is 0 Å². The lowest BCUT2D eigenvalue weighted by Gasteiger charge is -2.05. The van der Waals surface area contributed by atoms with E-state index in [0.29, 0.717) is 11.8 Å². The molecule has 1 heterocycles. The van der Waals surface area contributed by atoms with Crippen molar-refractivity contribution in [3.05, 3.63) is 36.2 Å². The van der Waals surface area contributed by atoms with Gasteiger partial charge >= 0.3 is 0 Å². The van der Waals surface area contributed by atoms with Crippen LogP contribution in [0.25, 0.3) is 0 Å². The van der Waals surface area contributed by atoms with Gasteiger partial charge in [-0.1, -0.05) is 19.9 Å². The van der Waals surface area contributed by atoms with Crippen LogP contribution in [-0.4, -0.2) is 0 Å². The molecule has 0 unspecified atom stereocenters. The average Bonchev–Trinajstić information content (AvgIpc) is 2.42. The predicted octanol–water partition coefficient (Wildman–Crippen LogP) is 3.09. The van der Waals surface area contributed by atoms with E-state index in [2.05, 4.69) is 37.9 Å². The minimum Gasteiger partial charge on any atom is -0.440 e. The third kappa shape index (κ3) is 1.39. The molecule has 1 aliphatic rings. The van der Waals surface area contributed by atoms with Gasteiger partial charge in [0.05, 0.1) is 5.69 Å². The number of ether oxygens (including phenoxy) is 1. The van der Waals surface area contributed by atoms with E-state index in [0.717, 1.165) is 11.4 Å². The van der Waals surface area contributed by atoms with Crippen molar-refractivity contribution in [1.82, 2.24) is 0 Å². The fourth-order valence-corrected chi connectivity index (χ4v) is 1.40. The molecule has 68 valence electrons. The summed E-state index contributed by atoms with van der Waals surface area (Å²) in [6.45, 7) is 8.06. The molecule has 0 aromatic heterocycles. The average molecular weight is 175 g/mol. The zero-order valence-electron chi connectivity index (χ0n) is 7.92. The highest BCUT2D eigenvalue weighted by Crippen LogP contribution is 2.34. The van der Waals surface area contributed by atoms with Gasteiger partial charge in [-0.05, 0) is 30.2 Å². The summed E-state index contributed by atoms with van der Waals surface area (Å²) in [4.78, 5) is 0. The lowest BCUT2D eigenvalue weighted by molar-refractivity contribution is 0.460. The monoisotopic (exact) mass is 175 g/mol. The SMILES string of the molecule is C=C1Nc2cc(C(C)C)ccc2O1. The molecule has 0 atom stereocenters. The minimum absolute atomic E-state index is 0.543. The lowest BCUT2D eigenvalue weighted by atomic mass is 10.0. The van der Waals surface area contributed by atoms with E-state index in [-0.39, 0.29) is 0 Å². The first-order valence-electron chi connectivity index (χ1n) is 4.44. The lowest BCUT2D eigenvalue weighted by Crippen LogP contribution is -1.92. The van der Waals surface area contributed by atoms with E-state index < -0.39 is 0 Å². The number of rotatable bonds is 1. The maximum atomic E-state index is 5.34. The van der Waals surface area contributed by atoms with Crippen LogP contribution in [0.5, 0.6) is 5.75 Å². The van der Waals surface area contributed by atoms with Crippen LogP contribution in [0.2, 0.25) is 0 Å². The van der Waals surface area contributed by atoms with Gasteiger partial charge in [0.15, 0.2) is 11.6 Å². The second kappa shape index (κ2) is 2.80. The van der Waals surface area contributed by atoms with E-state index >= 15 is 0 Å². The number of hydrogen-bond acceptors (Lipinski definition) is 2. The number of fused-ring (bicyclic) bond motifs is 1. The maximum Gasteiger partial charge on any atom is 0.190 e. The first-order chi connectivity index (χ1) is 6.16. The van der Waals surface area contributed by atoms with Gasteiger partial charge in [0, 0.05) is 0 Å². The number of benzene rings is 1. The maximum absolute atomic E-state index is 5.34. The van der Waals surface area contributed by atoms with Crippen molar-refractivity contribution in [2.24, 2.45) is 0 Å². The standard InChI is InChI=1S/C11H13NO/c1-7(2)9-4-5-11-10(6-9)12-8(3)13-11/h4-7,12H,3H2,1-2H3. The van der Waals surface area contributed by atoms with Crippen LogP contribution in [0.3, 0.4) is 0 Å². The molecule has 0 radical (unpaired) electrons. The fourth-order valence-electron chi connectivity index (χ4n) is 1.40. The normalized spacial score (nSPS) is 13.9. The van der Waals surface area contributed by atoms with Crippen molar-refractivity contribution in [3.63, 3.8) is 0 Å². The molecule has 13 heavy (non-hydrogen) atoms. The van der Waals surface area contributed by atoms with Gasteiger partial charge < -0.3 is 10.1 Å². The summed E-state index contributed by atoms with van der Waals surface area (Å²) >= 11 is 0. The van der Waals surface area contributed by atoms with Gasteiger partial charge in [0.1, 0.15) is 0 Å². The summed E-state index contributed by atoms with van der Waals surface area (Å²) in [5.41, 5.74) is 2.33. The van der Waals surface area contributed by atoms with Crippen molar-refractivity contribution in [2.75, 3.05) is 5.32 Å². The Morgan fingerprint density at radius 2 is 2.15 bits per heavy atom. The molecule has 0 aliphatic carbocycles. The topological polar surface area (TPSA) is 21.3 Å². The van der Waals surface area contributed by atoms with Gasteiger partial charge in [-0.3, -0.25) is 0 Å². The van der Waals surface area contributed by atoms with Gasteiger partial charge in [-0.15, -0.1) is 0 Å². The zero-order chi connectivity index (χ0) is 9.42. The largest absolute Gasteiger partial charge is 0.440 e. The molecule has 2 heteroatoms. The first-order valence-corrected chi connectivity index (χ1v) is 4.44. The molecular formula is C11H13NO. The van der Waals surface area contributed by atoms with Gasteiger partial charge in [-0.25, -0.2) is 0 Å². The van der Waals surface area contributed by atoms with Crippen LogP contribution >= 0.6 is 0 Å². The second-order valence-electron chi connectivity index (χ2n) is 3.56. The Kier molecular flexibility index (Phi) is 1.76. The molecular weight excluding hydrogens is 162 g/mol. The Balaban J connectivity index is 2.40. The molecule has 0 amide bonds. The molecule has 0 fully saturated rings. The Morgan fingerprint density at radius 3 is 2.85 bits per heavy atom. The molecule has 0 spiro atoms. The Bertz CT molecular complexity index is 355. The van der Waals surface area contributed by atoms with Crippen molar-refractivity contribution in [2.45, 2.75) is 19.8 Å². The molecule has 0 saturated heterocycles. The first kappa shape index (κ1) is 8.17. The number of hydrogen-bond donors (Lipinski definition) is 1. The van der Waals surface area contributed by atoms with Crippen LogP contribution in [0.15, 0.2) is 30.7 Å². The molecule has 1 aromatic carbocycles. The summed E-state index contributed by atoms with van der Waals surface area (Å²) in [7, 11) is 0. The van der Waals surface area contributed by atoms with E-state index in [1.54, 1.807) is 0 Å². The van der Waals surface area contributed by atoms with Gasteiger partial charge in [0.2, 0.25) is 0 Å². The van der Waals surface area contributed by atoms with Gasteiger partial charge in [-0.2, -0.15) is 0 Å². The number of anilines is 1. The third-order valence-corrected chi connectivity index (χ3v) is 2.18. The summed E-state index contributed by atoms with van der Waals surface area (Å²) in [6, 6.07) is 6.18. The highest BCUT2D eigenvalue weighted by molar-refractivity contribution is 5.64. The Hall–Kier alpha value is -1.44. The quantitative estimate of drug-likeness (QED) is 0.708. The number of nitrogens with one attached hydrogen (secondary N) is 1. The third-order valence-electron chi connectivity index (χ3n) is 2.18. The van der Waals surface area contributed by atoms with Crippen LogP contribution < -0.4 is 10.1 Å². The van der Waals surface area contributed by atoms with Crippen molar-refractivity contribution in [1.29, 1.82) is 0 Å². The fraction of sp³-hybridized carbons (Fsp3) is 0.273. The minimum atomic E-state index is 0.543. The Morgan fingerprint density at radius 1 is 1.38 bits per heavy atom. The predicted molar refractivity (Wildman–Crippen MR) is 53.9 cm³/mol. The molecule has 0 bridgehead atoms. The second-order valence-corrected chi connectivity index (χ2v) is 3.56. The van der Waals surface area contributed by atoms with Crippen molar-refractivity contribution >= 4 is 5.69 Å².